The minimum absolute atomic E-state index is 0.716. The standard InChI is InChI=1S/C12H14BrN3/c1-8-9(2)15-16(12(8)14)7-10-3-5-11(13)6-4-10/h3-6H,7,14H2,1-2H3. The number of halogens is 1. The molecule has 3 nitrogen and oxygen atoms in total. The van der Waals surface area contributed by atoms with E-state index in [1.807, 2.05) is 30.7 Å². The van der Waals surface area contributed by atoms with Gasteiger partial charge in [-0.05, 0) is 31.5 Å². The van der Waals surface area contributed by atoms with Crippen LogP contribution in [0.4, 0.5) is 5.82 Å². The Bertz CT molecular complexity index is 500. The third-order valence-corrected chi connectivity index (χ3v) is 3.25. The number of rotatable bonds is 2. The van der Waals surface area contributed by atoms with Gasteiger partial charge in [-0.3, -0.25) is 0 Å². The fourth-order valence-electron chi connectivity index (χ4n) is 1.57. The third kappa shape index (κ3) is 2.11. The van der Waals surface area contributed by atoms with Gasteiger partial charge in [0.1, 0.15) is 5.82 Å². The molecule has 0 saturated heterocycles. The molecular formula is C12H14BrN3. The van der Waals surface area contributed by atoms with Gasteiger partial charge in [-0.2, -0.15) is 5.10 Å². The topological polar surface area (TPSA) is 43.8 Å². The Morgan fingerprint density at radius 1 is 1.25 bits per heavy atom. The first-order valence-electron chi connectivity index (χ1n) is 5.12. The van der Waals surface area contributed by atoms with E-state index >= 15 is 0 Å². The van der Waals surface area contributed by atoms with E-state index in [4.69, 9.17) is 5.73 Å². The Morgan fingerprint density at radius 3 is 2.38 bits per heavy atom. The smallest absolute Gasteiger partial charge is 0.125 e. The highest BCUT2D eigenvalue weighted by molar-refractivity contribution is 9.10. The zero-order valence-corrected chi connectivity index (χ0v) is 11.0. The minimum atomic E-state index is 0.716. The van der Waals surface area contributed by atoms with Crippen molar-refractivity contribution in [1.29, 1.82) is 0 Å². The molecule has 84 valence electrons. The van der Waals surface area contributed by atoms with Crippen molar-refractivity contribution in [2.75, 3.05) is 5.73 Å². The van der Waals surface area contributed by atoms with E-state index in [2.05, 4.69) is 33.2 Å². The van der Waals surface area contributed by atoms with Crippen LogP contribution < -0.4 is 5.73 Å². The van der Waals surface area contributed by atoms with E-state index in [1.54, 1.807) is 0 Å². The van der Waals surface area contributed by atoms with Crippen LogP contribution in [0.25, 0.3) is 0 Å². The maximum absolute atomic E-state index is 5.97. The molecule has 1 aromatic carbocycles. The van der Waals surface area contributed by atoms with Crippen LogP contribution in [0.3, 0.4) is 0 Å². The normalized spacial score (nSPS) is 10.7. The molecule has 0 aliphatic rings. The van der Waals surface area contributed by atoms with E-state index in [1.165, 1.54) is 5.56 Å². The number of aromatic nitrogens is 2. The highest BCUT2D eigenvalue weighted by atomic mass is 79.9. The van der Waals surface area contributed by atoms with Crippen LogP contribution in [0.1, 0.15) is 16.8 Å². The van der Waals surface area contributed by atoms with Crippen molar-refractivity contribution >= 4 is 21.7 Å². The van der Waals surface area contributed by atoms with E-state index in [0.29, 0.717) is 6.54 Å². The summed E-state index contributed by atoms with van der Waals surface area (Å²) in [6.45, 7) is 4.69. The molecule has 0 spiro atoms. The summed E-state index contributed by atoms with van der Waals surface area (Å²) in [6.07, 6.45) is 0. The monoisotopic (exact) mass is 279 g/mol. The molecular weight excluding hydrogens is 266 g/mol. The number of benzene rings is 1. The second-order valence-electron chi connectivity index (χ2n) is 3.88. The molecule has 2 aromatic rings. The van der Waals surface area contributed by atoms with Gasteiger partial charge in [-0.1, -0.05) is 28.1 Å². The van der Waals surface area contributed by atoms with Gasteiger partial charge < -0.3 is 5.73 Å². The molecule has 2 N–H and O–H groups in total. The van der Waals surface area contributed by atoms with Crippen molar-refractivity contribution in [3.63, 3.8) is 0 Å². The molecule has 1 heterocycles. The predicted molar refractivity (Wildman–Crippen MR) is 69.4 cm³/mol. The van der Waals surface area contributed by atoms with E-state index in [0.717, 1.165) is 21.5 Å². The number of hydrogen-bond acceptors (Lipinski definition) is 2. The molecule has 0 unspecified atom stereocenters. The average molecular weight is 280 g/mol. The summed E-state index contributed by atoms with van der Waals surface area (Å²) in [7, 11) is 0. The molecule has 2 rings (SSSR count). The Kier molecular flexibility index (Phi) is 3.01. The summed E-state index contributed by atoms with van der Waals surface area (Å²) < 4.78 is 2.92. The SMILES string of the molecule is Cc1nn(Cc2ccc(Br)cc2)c(N)c1C. The molecule has 1 aromatic heterocycles. The number of nitrogen functional groups attached to an aromatic ring is 1. The summed E-state index contributed by atoms with van der Waals surface area (Å²) in [5.41, 5.74) is 9.23. The molecule has 16 heavy (non-hydrogen) atoms. The Labute approximate surface area is 103 Å². The van der Waals surface area contributed by atoms with Gasteiger partial charge >= 0.3 is 0 Å². The predicted octanol–water partition coefficient (Wildman–Crippen LogP) is 2.89. The lowest BCUT2D eigenvalue weighted by Crippen LogP contribution is -2.06. The highest BCUT2D eigenvalue weighted by Gasteiger charge is 2.07. The van der Waals surface area contributed by atoms with Gasteiger partial charge in [-0.25, -0.2) is 4.68 Å². The second kappa shape index (κ2) is 4.29. The fourth-order valence-corrected chi connectivity index (χ4v) is 1.84. The molecule has 0 atom stereocenters. The first kappa shape index (κ1) is 11.2. The van der Waals surface area contributed by atoms with Gasteiger partial charge in [0.05, 0.1) is 12.2 Å². The molecule has 0 amide bonds. The number of nitrogens with zero attached hydrogens (tertiary/aromatic N) is 2. The molecule has 0 saturated carbocycles. The number of hydrogen-bond donors (Lipinski definition) is 1. The number of nitrogens with two attached hydrogens (primary N) is 1. The summed E-state index contributed by atoms with van der Waals surface area (Å²) in [5, 5.41) is 4.41. The molecule has 0 fully saturated rings. The maximum atomic E-state index is 5.97. The number of aryl methyl sites for hydroxylation is 1. The van der Waals surface area contributed by atoms with Crippen molar-refractivity contribution in [2.24, 2.45) is 0 Å². The zero-order valence-electron chi connectivity index (χ0n) is 9.37. The first-order chi connectivity index (χ1) is 7.58. The van der Waals surface area contributed by atoms with Gasteiger partial charge in [0, 0.05) is 10.0 Å². The van der Waals surface area contributed by atoms with Gasteiger partial charge in [0.25, 0.3) is 0 Å². The largest absolute Gasteiger partial charge is 0.384 e. The van der Waals surface area contributed by atoms with Crippen LogP contribution in [0.5, 0.6) is 0 Å². The average Bonchev–Trinajstić information content (AvgIpc) is 2.50. The van der Waals surface area contributed by atoms with E-state index < -0.39 is 0 Å². The van der Waals surface area contributed by atoms with Crippen molar-refractivity contribution in [3.8, 4) is 0 Å². The van der Waals surface area contributed by atoms with Crippen molar-refractivity contribution in [1.82, 2.24) is 9.78 Å². The van der Waals surface area contributed by atoms with Crippen LogP contribution in [-0.2, 0) is 6.54 Å². The summed E-state index contributed by atoms with van der Waals surface area (Å²) in [4.78, 5) is 0. The lowest BCUT2D eigenvalue weighted by Gasteiger charge is -2.04. The molecule has 0 aliphatic carbocycles. The highest BCUT2D eigenvalue weighted by Crippen LogP contribution is 2.17. The third-order valence-electron chi connectivity index (χ3n) is 2.72. The molecule has 0 aliphatic heterocycles. The van der Waals surface area contributed by atoms with Crippen LogP contribution >= 0.6 is 15.9 Å². The van der Waals surface area contributed by atoms with Crippen molar-refractivity contribution < 1.29 is 0 Å². The first-order valence-corrected chi connectivity index (χ1v) is 5.91. The summed E-state index contributed by atoms with van der Waals surface area (Å²) in [6, 6.07) is 8.18. The Hall–Kier alpha value is -1.29. The summed E-state index contributed by atoms with van der Waals surface area (Å²) in [5.74, 6) is 0.750. The summed E-state index contributed by atoms with van der Waals surface area (Å²) >= 11 is 3.41. The molecule has 4 heteroatoms. The number of anilines is 1. The van der Waals surface area contributed by atoms with Gasteiger partial charge in [0.15, 0.2) is 0 Å². The molecule has 0 bridgehead atoms. The van der Waals surface area contributed by atoms with Gasteiger partial charge in [-0.15, -0.1) is 0 Å². The quantitative estimate of drug-likeness (QED) is 0.919. The Balaban J connectivity index is 2.27. The minimum Gasteiger partial charge on any atom is -0.384 e. The zero-order chi connectivity index (χ0) is 11.7. The van der Waals surface area contributed by atoms with Crippen LogP contribution in [0.2, 0.25) is 0 Å². The Morgan fingerprint density at radius 2 is 1.88 bits per heavy atom. The lowest BCUT2D eigenvalue weighted by atomic mass is 10.2. The van der Waals surface area contributed by atoms with Crippen molar-refractivity contribution in [3.05, 3.63) is 45.6 Å². The van der Waals surface area contributed by atoms with Crippen LogP contribution in [0, 0.1) is 13.8 Å². The second-order valence-corrected chi connectivity index (χ2v) is 4.80. The van der Waals surface area contributed by atoms with E-state index in [9.17, 15) is 0 Å². The lowest BCUT2D eigenvalue weighted by molar-refractivity contribution is 0.689. The molecule has 0 radical (unpaired) electrons. The van der Waals surface area contributed by atoms with Gasteiger partial charge in [0.2, 0.25) is 0 Å². The van der Waals surface area contributed by atoms with E-state index in [-0.39, 0.29) is 0 Å². The van der Waals surface area contributed by atoms with Crippen molar-refractivity contribution in [2.45, 2.75) is 20.4 Å². The van der Waals surface area contributed by atoms with Crippen LogP contribution in [0.15, 0.2) is 28.7 Å². The fraction of sp³-hybridized carbons (Fsp3) is 0.250. The maximum Gasteiger partial charge on any atom is 0.125 e. The van der Waals surface area contributed by atoms with Crippen LogP contribution in [-0.4, -0.2) is 9.78 Å².